The van der Waals surface area contributed by atoms with E-state index in [4.69, 9.17) is 5.73 Å². The molecule has 1 aromatic carbocycles. The Morgan fingerprint density at radius 3 is 3.00 bits per heavy atom. The summed E-state index contributed by atoms with van der Waals surface area (Å²) in [4.78, 5) is 11.7. The number of nitrogens with one attached hydrogen (secondary N) is 2. The predicted octanol–water partition coefficient (Wildman–Crippen LogP) is 0.500. The summed E-state index contributed by atoms with van der Waals surface area (Å²) in [5, 5.41) is 5.90. The van der Waals surface area contributed by atoms with Gasteiger partial charge in [-0.05, 0) is 31.2 Å². The zero-order valence-corrected chi connectivity index (χ0v) is 8.79. The number of carbonyl (C=O) groups excluding carboxylic acids is 1. The number of anilines is 1. The van der Waals surface area contributed by atoms with Gasteiger partial charge >= 0.3 is 0 Å². The number of amides is 1. The van der Waals surface area contributed by atoms with Crippen molar-refractivity contribution in [3.05, 3.63) is 29.6 Å². The first-order valence-corrected chi connectivity index (χ1v) is 5.23. The van der Waals surface area contributed by atoms with Crippen LogP contribution in [0.3, 0.4) is 0 Å². The van der Waals surface area contributed by atoms with E-state index in [1.807, 2.05) is 0 Å². The first-order chi connectivity index (χ1) is 7.66. The minimum Gasteiger partial charge on any atom is -0.399 e. The highest BCUT2D eigenvalue weighted by atomic mass is 19.1. The van der Waals surface area contributed by atoms with Crippen molar-refractivity contribution in [2.45, 2.75) is 12.5 Å². The lowest BCUT2D eigenvalue weighted by Gasteiger charge is -2.11. The van der Waals surface area contributed by atoms with Crippen LogP contribution in [0.1, 0.15) is 16.8 Å². The summed E-state index contributed by atoms with van der Waals surface area (Å²) < 4.78 is 13.4. The molecule has 4 N–H and O–H groups in total. The summed E-state index contributed by atoms with van der Waals surface area (Å²) in [5.74, 6) is -0.963. The smallest absolute Gasteiger partial charge is 0.254 e. The van der Waals surface area contributed by atoms with Gasteiger partial charge in [0, 0.05) is 18.3 Å². The van der Waals surface area contributed by atoms with Crippen LogP contribution in [0.2, 0.25) is 0 Å². The van der Waals surface area contributed by atoms with E-state index in [0.29, 0.717) is 5.69 Å². The van der Waals surface area contributed by atoms with E-state index in [1.165, 1.54) is 12.1 Å². The predicted molar refractivity (Wildman–Crippen MR) is 59.6 cm³/mol. The second kappa shape index (κ2) is 4.49. The molecule has 1 saturated heterocycles. The van der Waals surface area contributed by atoms with Crippen LogP contribution >= 0.6 is 0 Å². The van der Waals surface area contributed by atoms with Crippen molar-refractivity contribution in [3.63, 3.8) is 0 Å². The molecule has 1 amide bonds. The second-order valence-corrected chi connectivity index (χ2v) is 3.90. The van der Waals surface area contributed by atoms with E-state index in [0.717, 1.165) is 25.6 Å². The standard InChI is InChI=1S/C11H14FN3O/c12-10-5-7(13)1-2-9(10)11(16)15-8-3-4-14-6-8/h1-2,5,8,14H,3-4,6,13H2,(H,15,16). The molecule has 1 fully saturated rings. The van der Waals surface area contributed by atoms with Crippen LogP contribution in [0.15, 0.2) is 18.2 Å². The van der Waals surface area contributed by atoms with E-state index in [-0.39, 0.29) is 17.5 Å². The van der Waals surface area contributed by atoms with E-state index in [2.05, 4.69) is 10.6 Å². The van der Waals surface area contributed by atoms with Crippen LogP contribution in [-0.2, 0) is 0 Å². The molecular formula is C11H14FN3O. The largest absolute Gasteiger partial charge is 0.399 e. The summed E-state index contributed by atoms with van der Waals surface area (Å²) in [6, 6.07) is 4.17. The maximum atomic E-state index is 13.4. The Morgan fingerprint density at radius 2 is 2.38 bits per heavy atom. The van der Waals surface area contributed by atoms with Crippen molar-refractivity contribution < 1.29 is 9.18 Å². The third-order valence-electron chi connectivity index (χ3n) is 2.63. The third-order valence-corrected chi connectivity index (χ3v) is 2.63. The van der Waals surface area contributed by atoms with Gasteiger partial charge < -0.3 is 16.4 Å². The van der Waals surface area contributed by atoms with Crippen molar-refractivity contribution in [1.29, 1.82) is 0 Å². The molecule has 86 valence electrons. The molecule has 1 atom stereocenters. The van der Waals surface area contributed by atoms with Crippen molar-refractivity contribution in [2.75, 3.05) is 18.8 Å². The molecule has 16 heavy (non-hydrogen) atoms. The first-order valence-electron chi connectivity index (χ1n) is 5.23. The summed E-state index contributed by atoms with van der Waals surface area (Å²) in [6.45, 7) is 1.62. The molecule has 1 unspecified atom stereocenters. The van der Waals surface area contributed by atoms with Crippen molar-refractivity contribution >= 4 is 11.6 Å². The molecule has 0 aromatic heterocycles. The molecule has 0 aliphatic carbocycles. The Kier molecular flexibility index (Phi) is 3.05. The summed E-state index contributed by atoms with van der Waals surface area (Å²) in [7, 11) is 0. The molecule has 5 heteroatoms. The van der Waals surface area contributed by atoms with Gasteiger partial charge in [0.15, 0.2) is 0 Å². The van der Waals surface area contributed by atoms with Gasteiger partial charge in [0.2, 0.25) is 0 Å². The van der Waals surface area contributed by atoms with Crippen molar-refractivity contribution in [3.8, 4) is 0 Å². The minimum atomic E-state index is -0.580. The van der Waals surface area contributed by atoms with Gasteiger partial charge in [-0.1, -0.05) is 0 Å². The monoisotopic (exact) mass is 223 g/mol. The fourth-order valence-corrected chi connectivity index (χ4v) is 1.76. The lowest BCUT2D eigenvalue weighted by atomic mass is 10.1. The highest BCUT2D eigenvalue weighted by molar-refractivity contribution is 5.95. The molecule has 0 spiro atoms. The fourth-order valence-electron chi connectivity index (χ4n) is 1.76. The Morgan fingerprint density at radius 1 is 1.56 bits per heavy atom. The number of carbonyl (C=O) groups is 1. The van der Waals surface area contributed by atoms with Crippen LogP contribution in [0.25, 0.3) is 0 Å². The Bertz CT molecular complexity index is 402. The zero-order chi connectivity index (χ0) is 11.5. The van der Waals surface area contributed by atoms with Gasteiger partial charge in [0.25, 0.3) is 5.91 Å². The van der Waals surface area contributed by atoms with Crippen LogP contribution in [0, 0.1) is 5.82 Å². The number of hydrogen-bond acceptors (Lipinski definition) is 3. The van der Waals surface area contributed by atoms with Crippen LogP contribution in [0.4, 0.5) is 10.1 Å². The van der Waals surface area contributed by atoms with Crippen LogP contribution in [0.5, 0.6) is 0 Å². The first kappa shape index (κ1) is 10.9. The maximum Gasteiger partial charge on any atom is 0.254 e. The highest BCUT2D eigenvalue weighted by Crippen LogP contribution is 2.12. The minimum absolute atomic E-state index is 0.0427. The van der Waals surface area contributed by atoms with E-state index >= 15 is 0 Å². The fraction of sp³-hybridized carbons (Fsp3) is 0.364. The molecule has 1 heterocycles. The normalized spacial score (nSPS) is 19.7. The molecule has 0 saturated carbocycles. The third kappa shape index (κ3) is 2.30. The second-order valence-electron chi connectivity index (χ2n) is 3.90. The van der Waals surface area contributed by atoms with Gasteiger partial charge in [0.05, 0.1) is 5.56 Å². The average Bonchev–Trinajstić information content (AvgIpc) is 2.70. The van der Waals surface area contributed by atoms with Crippen molar-refractivity contribution in [2.24, 2.45) is 0 Å². The average molecular weight is 223 g/mol. The Balaban J connectivity index is 2.08. The quantitative estimate of drug-likeness (QED) is 0.639. The molecule has 0 radical (unpaired) electrons. The lowest BCUT2D eigenvalue weighted by Crippen LogP contribution is -2.36. The van der Waals surface area contributed by atoms with Gasteiger partial charge in [0.1, 0.15) is 5.82 Å². The van der Waals surface area contributed by atoms with Gasteiger partial charge in [-0.25, -0.2) is 4.39 Å². The number of hydrogen-bond donors (Lipinski definition) is 3. The number of benzene rings is 1. The zero-order valence-electron chi connectivity index (χ0n) is 8.79. The molecule has 1 aromatic rings. The summed E-state index contributed by atoms with van der Waals surface area (Å²) >= 11 is 0. The van der Waals surface area contributed by atoms with E-state index < -0.39 is 5.82 Å². The molecule has 0 bridgehead atoms. The number of rotatable bonds is 2. The summed E-state index contributed by atoms with van der Waals surface area (Å²) in [5.41, 5.74) is 5.77. The molecule has 1 aliphatic heterocycles. The lowest BCUT2D eigenvalue weighted by molar-refractivity contribution is 0.0936. The van der Waals surface area contributed by atoms with Crippen molar-refractivity contribution in [1.82, 2.24) is 10.6 Å². The van der Waals surface area contributed by atoms with Gasteiger partial charge in [-0.15, -0.1) is 0 Å². The summed E-state index contributed by atoms with van der Waals surface area (Å²) in [6.07, 6.45) is 0.877. The van der Waals surface area contributed by atoms with Gasteiger partial charge in [-0.3, -0.25) is 4.79 Å². The number of halogens is 1. The molecule has 2 rings (SSSR count). The highest BCUT2D eigenvalue weighted by Gasteiger charge is 2.19. The Labute approximate surface area is 93.0 Å². The molecule has 4 nitrogen and oxygen atoms in total. The molecule has 1 aliphatic rings. The Hall–Kier alpha value is -1.62. The van der Waals surface area contributed by atoms with E-state index in [1.54, 1.807) is 0 Å². The molecular weight excluding hydrogens is 209 g/mol. The van der Waals surface area contributed by atoms with Gasteiger partial charge in [-0.2, -0.15) is 0 Å². The SMILES string of the molecule is Nc1ccc(C(=O)NC2CCNC2)c(F)c1. The maximum absolute atomic E-state index is 13.4. The van der Waals surface area contributed by atoms with Crippen LogP contribution < -0.4 is 16.4 Å². The topological polar surface area (TPSA) is 67.2 Å². The van der Waals surface area contributed by atoms with E-state index in [9.17, 15) is 9.18 Å². The van der Waals surface area contributed by atoms with Crippen LogP contribution in [-0.4, -0.2) is 25.0 Å². The number of nitrogen functional groups attached to an aromatic ring is 1. The number of nitrogens with two attached hydrogens (primary N) is 1.